The SMILES string of the molecule is COc1ccc(C(=O)Oc2ccc(C(=O)c3ccccc3)cc2)cc1. The van der Waals surface area contributed by atoms with E-state index in [1.54, 1.807) is 67.8 Å². The summed E-state index contributed by atoms with van der Waals surface area (Å²) in [5, 5.41) is 0. The van der Waals surface area contributed by atoms with Crippen LogP contribution in [0.1, 0.15) is 26.3 Å². The van der Waals surface area contributed by atoms with Gasteiger partial charge in [0.1, 0.15) is 11.5 Å². The summed E-state index contributed by atoms with van der Waals surface area (Å²) in [6, 6.07) is 22.2. The molecule has 0 N–H and O–H groups in total. The second kappa shape index (κ2) is 7.45. The quantitative estimate of drug-likeness (QED) is 0.400. The number of carbonyl (C=O) groups is 2. The Kier molecular flexibility index (Phi) is 4.90. The lowest BCUT2D eigenvalue weighted by Gasteiger charge is -2.06. The summed E-state index contributed by atoms with van der Waals surface area (Å²) >= 11 is 0. The molecule has 0 saturated carbocycles. The first kappa shape index (κ1) is 16.5. The first-order chi connectivity index (χ1) is 12.2. The number of rotatable bonds is 5. The van der Waals surface area contributed by atoms with E-state index in [1.165, 1.54) is 0 Å². The molecule has 0 heterocycles. The third kappa shape index (κ3) is 3.93. The first-order valence-corrected chi connectivity index (χ1v) is 7.73. The molecule has 0 aliphatic carbocycles. The van der Waals surface area contributed by atoms with Crippen LogP contribution in [-0.2, 0) is 0 Å². The lowest BCUT2D eigenvalue weighted by Crippen LogP contribution is -2.08. The number of carbonyl (C=O) groups excluding carboxylic acids is 2. The maximum atomic E-state index is 12.3. The fourth-order valence-corrected chi connectivity index (χ4v) is 2.32. The van der Waals surface area contributed by atoms with Crippen molar-refractivity contribution in [2.45, 2.75) is 0 Å². The van der Waals surface area contributed by atoms with Gasteiger partial charge in [-0.2, -0.15) is 0 Å². The molecule has 0 aliphatic heterocycles. The summed E-state index contributed by atoms with van der Waals surface area (Å²) < 4.78 is 10.4. The standard InChI is InChI=1S/C21H16O4/c1-24-18-11-9-17(10-12-18)21(23)25-19-13-7-16(8-14-19)20(22)15-5-3-2-4-6-15/h2-14H,1H3. The van der Waals surface area contributed by atoms with Gasteiger partial charge in [0.25, 0.3) is 0 Å². The number of ether oxygens (including phenoxy) is 2. The molecule has 0 amide bonds. The second-order valence-corrected chi connectivity index (χ2v) is 5.34. The molecule has 0 aliphatic rings. The third-order valence-corrected chi connectivity index (χ3v) is 3.69. The van der Waals surface area contributed by atoms with Gasteiger partial charge in [0, 0.05) is 11.1 Å². The Hall–Kier alpha value is -3.40. The van der Waals surface area contributed by atoms with Crippen molar-refractivity contribution in [3.63, 3.8) is 0 Å². The molecule has 0 saturated heterocycles. The molecular weight excluding hydrogens is 316 g/mol. The van der Waals surface area contributed by atoms with E-state index in [9.17, 15) is 9.59 Å². The molecule has 25 heavy (non-hydrogen) atoms. The number of hydrogen-bond donors (Lipinski definition) is 0. The molecule has 3 aromatic rings. The minimum Gasteiger partial charge on any atom is -0.497 e. The molecular formula is C21H16O4. The van der Waals surface area contributed by atoms with Crippen molar-refractivity contribution in [2.75, 3.05) is 7.11 Å². The van der Waals surface area contributed by atoms with Crippen LogP contribution in [0.25, 0.3) is 0 Å². The minimum atomic E-state index is -0.468. The highest BCUT2D eigenvalue weighted by Gasteiger charge is 2.11. The summed E-state index contributed by atoms with van der Waals surface area (Å²) in [7, 11) is 1.56. The monoisotopic (exact) mass is 332 g/mol. The Morgan fingerprint density at radius 1 is 0.640 bits per heavy atom. The zero-order chi connectivity index (χ0) is 17.6. The smallest absolute Gasteiger partial charge is 0.343 e. The number of hydrogen-bond acceptors (Lipinski definition) is 4. The highest BCUT2D eigenvalue weighted by molar-refractivity contribution is 6.09. The van der Waals surface area contributed by atoms with Crippen LogP contribution in [0.2, 0.25) is 0 Å². The highest BCUT2D eigenvalue weighted by atomic mass is 16.5. The molecule has 3 aromatic carbocycles. The van der Waals surface area contributed by atoms with Crippen molar-refractivity contribution in [3.8, 4) is 11.5 Å². The maximum absolute atomic E-state index is 12.3. The molecule has 0 atom stereocenters. The van der Waals surface area contributed by atoms with Crippen molar-refractivity contribution in [3.05, 3.63) is 95.6 Å². The zero-order valence-corrected chi connectivity index (χ0v) is 13.6. The predicted molar refractivity (Wildman–Crippen MR) is 94.3 cm³/mol. The molecule has 124 valence electrons. The van der Waals surface area contributed by atoms with Gasteiger partial charge in [0.05, 0.1) is 12.7 Å². The Morgan fingerprint density at radius 3 is 1.76 bits per heavy atom. The van der Waals surface area contributed by atoms with E-state index in [4.69, 9.17) is 9.47 Å². The highest BCUT2D eigenvalue weighted by Crippen LogP contribution is 2.18. The fourth-order valence-electron chi connectivity index (χ4n) is 2.32. The van der Waals surface area contributed by atoms with Crippen molar-refractivity contribution >= 4 is 11.8 Å². The first-order valence-electron chi connectivity index (χ1n) is 7.73. The summed E-state index contributed by atoms with van der Waals surface area (Å²) in [6.45, 7) is 0. The van der Waals surface area contributed by atoms with E-state index < -0.39 is 5.97 Å². The Bertz CT molecular complexity index is 866. The average molecular weight is 332 g/mol. The van der Waals surface area contributed by atoms with E-state index in [0.29, 0.717) is 28.2 Å². The van der Waals surface area contributed by atoms with Crippen LogP contribution in [0.4, 0.5) is 0 Å². The molecule has 4 heteroatoms. The van der Waals surface area contributed by atoms with Gasteiger partial charge in [-0.25, -0.2) is 4.79 Å². The Labute approximate surface area is 145 Å². The average Bonchev–Trinajstić information content (AvgIpc) is 2.68. The fraction of sp³-hybridized carbons (Fsp3) is 0.0476. The van der Waals surface area contributed by atoms with Gasteiger partial charge in [-0.1, -0.05) is 30.3 Å². The molecule has 3 rings (SSSR count). The number of esters is 1. The molecule has 0 bridgehead atoms. The van der Waals surface area contributed by atoms with Crippen LogP contribution in [0.15, 0.2) is 78.9 Å². The summed E-state index contributed by atoms with van der Waals surface area (Å²) in [4.78, 5) is 24.5. The number of methoxy groups -OCH3 is 1. The van der Waals surface area contributed by atoms with Gasteiger partial charge in [-0.05, 0) is 48.5 Å². The lowest BCUT2D eigenvalue weighted by molar-refractivity contribution is 0.0734. The summed E-state index contributed by atoms with van der Waals surface area (Å²) in [5.41, 5.74) is 1.58. The maximum Gasteiger partial charge on any atom is 0.343 e. The molecule has 0 spiro atoms. The summed E-state index contributed by atoms with van der Waals surface area (Å²) in [6.07, 6.45) is 0. The van der Waals surface area contributed by atoms with E-state index in [1.807, 2.05) is 18.2 Å². The van der Waals surface area contributed by atoms with Crippen LogP contribution < -0.4 is 9.47 Å². The summed E-state index contributed by atoms with van der Waals surface area (Å²) in [5.74, 6) is 0.504. The molecule has 0 unspecified atom stereocenters. The predicted octanol–water partition coefficient (Wildman–Crippen LogP) is 4.15. The van der Waals surface area contributed by atoms with Crippen LogP contribution in [0.3, 0.4) is 0 Å². The van der Waals surface area contributed by atoms with Crippen LogP contribution >= 0.6 is 0 Å². The third-order valence-electron chi connectivity index (χ3n) is 3.69. The second-order valence-electron chi connectivity index (χ2n) is 5.34. The van der Waals surface area contributed by atoms with Gasteiger partial charge in [-0.3, -0.25) is 4.79 Å². The number of ketones is 1. The van der Waals surface area contributed by atoms with Gasteiger partial charge < -0.3 is 9.47 Å². The topological polar surface area (TPSA) is 52.6 Å². The van der Waals surface area contributed by atoms with Crippen LogP contribution in [-0.4, -0.2) is 18.9 Å². The van der Waals surface area contributed by atoms with Gasteiger partial charge in [-0.15, -0.1) is 0 Å². The van der Waals surface area contributed by atoms with Crippen molar-refractivity contribution < 1.29 is 19.1 Å². The van der Waals surface area contributed by atoms with Crippen LogP contribution in [0.5, 0.6) is 11.5 Å². The van der Waals surface area contributed by atoms with Gasteiger partial charge in [0.2, 0.25) is 0 Å². The normalized spacial score (nSPS) is 10.1. The zero-order valence-electron chi connectivity index (χ0n) is 13.6. The Morgan fingerprint density at radius 2 is 1.16 bits per heavy atom. The van der Waals surface area contributed by atoms with Crippen molar-refractivity contribution in [2.24, 2.45) is 0 Å². The molecule has 0 aromatic heterocycles. The van der Waals surface area contributed by atoms with Crippen molar-refractivity contribution in [1.29, 1.82) is 0 Å². The molecule has 0 radical (unpaired) electrons. The largest absolute Gasteiger partial charge is 0.497 e. The van der Waals surface area contributed by atoms with Gasteiger partial charge >= 0.3 is 5.97 Å². The van der Waals surface area contributed by atoms with Gasteiger partial charge in [0.15, 0.2) is 5.78 Å². The lowest BCUT2D eigenvalue weighted by atomic mass is 10.0. The van der Waals surface area contributed by atoms with Crippen LogP contribution in [0, 0.1) is 0 Å². The van der Waals surface area contributed by atoms with E-state index in [0.717, 1.165) is 0 Å². The van der Waals surface area contributed by atoms with E-state index in [-0.39, 0.29) is 5.78 Å². The Balaban J connectivity index is 1.69. The van der Waals surface area contributed by atoms with E-state index in [2.05, 4.69) is 0 Å². The molecule has 0 fully saturated rings. The number of benzene rings is 3. The van der Waals surface area contributed by atoms with E-state index >= 15 is 0 Å². The minimum absolute atomic E-state index is 0.0753. The molecule has 4 nitrogen and oxygen atoms in total. The van der Waals surface area contributed by atoms with Crippen molar-refractivity contribution in [1.82, 2.24) is 0 Å².